The summed E-state index contributed by atoms with van der Waals surface area (Å²) in [6, 6.07) is 1.77. The van der Waals surface area contributed by atoms with E-state index < -0.39 is 0 Å². The van der Waals surface area contributed by atoms with Crippen molar-refractivity contribution >= 4 is 5.91 Å². The minimum absolute atomic E-state index is 0.110. The molecule has 0 saturated carbocycles. The summed E-state index contributed by atoms with van der Waals surface area (Å²) in [6.07, 6.45) is 3.56. The van der Waals surface area contributed by atoms with Crippen LogP contribution in [-0.2, 0) is 6.42 Å². The number of aryl methyl sites for hydroxylation is 1. The van der Waals surface area contributed by atoms with E-state index >= 15 is 0 Å². The van der Waals surface area contributed by atoms with Gasteiger partial charge in [0.15, 0.2) is 5.82 Å². The molecule has 0 aromatic carbocycles. The van der Waals surface area contributed by atoms with E-state index in [1.54, 1.807) is 11.0 Å². The fourth-order valence-electron chi connectivity index (χ4n) is 2.94. The molecule has 24 heavy (non-hydrogen) atoms. The standard InChI is InChI=1S/C17H24N4O3/c1-4-11(3)13-9-14(23-19-13)17(22)21-8-6-7-12(10-21)16-18-15(5-2)24-20-16/h9,11-12H,4-8,10H2,1-3H3. The molecule has 1 fully saturated rings. The van der Waals surface area contributed by atoms with Crippen LogP contribution in [0.2, 0.25) is 0 Å². The Hall–Kier alpha value is -2.18. The highest BCUT2D eigenvalue weighted by atomic mass is 16.5. The van der Waals surface area contributed by atoms with Crippen LogP contribution in [-0.4, -0.2) is 39.2 Å². The Morgan fingerprint density at radius 2 is 2.21 bits per heavy atom. The average Bonchev–Trinajstić information content (AvgIpc) is 3.30. The van der Waals surface area contributed by atoms with Crippen LogP contribution >= 0.6 is 0 Å². The van der Waals surface area contributed by atoms with Crippen LogP contribution in [0.1, 0.15) is 79.8 Å². The van der Waals surface area contributed by atoms with Gasteiger partial charge in [0.2, 0.25) is 11.7 Å². The van der Waals surface area contributed by atoms with Crippen molar-refractivity contribution in [3.8, 4) is 0 Å². The van der Waals surface area contributed by atoms with Crippen molar-refractivity contribution in [2.75, 3.05) is 13.1 Å². The third-order valence-corrected chi connectivity index (χ3v) is 4.72. The molecule has 0 bridgehead atoms. The third kappa shape index (κ3) is 3.34. The van der Waals surface area contributed by atoms with E-state index in [0.29, 0.717) is 30.6 Å². The van der Waals surface area contributed by atoms with Gasteiger partial charge in [-0.1, -0.05) is 31.1 Å². The molecule has 0 spiro atoms. The van der Waals surface area contributed by atoms with Gasteiger partial charge in [0.25, 0.3) is 5.91 Å². The van der Waals surface area contributed by atoms with Crippen LogP contribution in [0.25, 0.3) is 0 Å². The van der Waals surface area contributed by atoms with Gasteiger partial charge in [-0.15, -0.1) is 0 Å². The lowest BCUT2D eigenvalue weighted by molar-refractivity contribution is 0.0661. The van der Waals surface area contributed by atoms with Gasteiger partial charge in [0, 0.05) is 37.4 Å². The van der Waals surface area contributed by atoms with Gasteiger partial charge in [-0.3, -0.25) is 4.79 Å². The molecule has 1 saturated heterocycles. The molecule has 2 unspecified atom stereocenters. The Morgan fingerprint density at radius 3 is 2.92 bits per heavy atom. The molecule has 1 aliphatic rings. The summed E-state index contributed by atoms with van der Waals surface area (Å²) < 4.78 is 10.5. The van der Waals surface area contributed by atoms with Gasteiger partial charge in [-0.05, 0) is 19.3 Å². The Labute approximate surface area is 141 Å². The number of rotatable bonds is 5. The fourth-order valence-corrected chi connectivity index (χ4v) is 2.94. The van der Waals surface area contributed by atoms with Crippen LogP contribution in [0.3, 0.4) is 0 Å². The predicted molar refractivity (Wildman–Crippen MR) is 86.8 cm³/mol. The molecule has 2 atom stereocenters. The Balaban J connectivity index is 1.69. The molecule has 3 heterocycles. The van der Waals surface area contributed by atoms with Crippen molar-refractivity contribution < 1.29 is 13.8 Å². The summed E-state index contributed by atoms with van der Waals surface area (Å²) in [5.74, 6) is 1.94. The minimum Gasteiger partial charge on any atom is -0.351 e. The molecule has 0 aliphatic carbocycles. The third-order valence-electron chi connectivity index (χ3n) is 4.72. The van der Waals surface area contributed by atoms with E-state index in [9.17, 15) is 4.79 Å². The van der Waals surface area contributed by atoms with Gasteiger partial charge < -0.3 is 13.9 Å². The normalized spacial score (nSPS) is 19.5. The van der Waals surface area contributed by atoms with Crippen molar-refractivity contribution in [2.24, 2.45) is 0 Å². The second kappa shape index (κ2) is 7.15. The second-order valence-corrected chi connectivity index (χ2v) is 6.42. The number of likely N-dealkylation sites (tertiary alicyclic amines) is 1. The summed E-state index contributed by atoms with van der Waals surface area (Å²) in [5, 5.41) is 8.09. The lowest BCUT2D eigenvalue weighted by atomic mass is 9.97. The van der Waals surface area contributed by atoms with E-state index in [-0.39, 0.29) is 17.7 Å². The Morgan fingerprint density at radius 1 is 1.38 bits per heavy atom. The van der Waals surface area contributed by atoms with Crippen LogP contribution in [0, 0.1) is 0 Å². The maximum Gasteiger partial charge on any atom is 0.292 e. The van der Waals surface area contributed by atoms with Crippen LogP contribution < -0.4 is 0 Å². The minimum atomic E-state index is -0.110. The van der Waals surface area contributed by atoms with E-state index in [1.165, 1.54) is 0 Å². The number of amides is 1. The number of carbonyl (C=O) groups excluding carboxylic acids is 1. The van der Waals surface area contributed by atoms with Gasteiger partial charge >= 0.3 is 0 Å². The number of aromatic nitrogens is 3. The Kier molecular flexibility index (Phi) is 4.97. The van der Waals surface area contributed by atoms with Crippen molar-refractivity contribution in [3.05, 3.63) is 29.2 Å². The molecule has 1 aliphatic heterocycles. The number of nitrogens with zero attached hydrogens (tertiary/aromatic N) is 4. The summed E-state index contributed by atoms with van der Waals surface area (Å²) in [6.45, 7) is 7.44. The fraction of sp³-hybridized carbons (Fsp3) is 0.647. The highest BCUT2D eigenvalue weighted by Gasteiger charge is 2.30. The monoisotopic (exact) mass is 332 g/mol. The molecular formula is C17H24N4O3. The van der Waals surface area contributed by atoms with Crippen molar-refractivity contribution in [1.82, 2.24) is 20.2 Å². The first-order chi connectivity index (χ1) is 11.6. The maximum absolute atomic E-state index is 12.7. The van der Waals surface area contributed by atoms with Gasteiger partial charge in [0.1, 0.15) is 0 Å². The van der Waals surface area contributed by atoms with E-state index in [2.05, 4.69) is 29.1 Å². The number of carbonyl (C=O) groups is 1. The number of hydrogen-bond acceptors (Lipinski definition) is 6. The number of hydrogen-bond donors (Lipinski definition) is 0. The smallest absolute Gasteiger partial charge is 0.292 e. The van der Waals surface area contributed by atoms with Crippen LogP contribution in [0.5, 0.6) is 0 Å². The molecule has 0 radical (unpaired) electrons. The molecule has 0 N–H and O–H groups in total. The average molecular weight is 332 g/mol. The highest BCUT2D eigenvalue weighted by molar-refractivity contribution is 5.91. The molecule has 2 aromatic rings. The lowest BCUT2D eigenvalue weighted by Gasteiger charge is -2.30. The zero-order valence-corrected chi connectivity index (χ0v) is 14.5. The van der Waals surface area contributed by atoms with Gasteiger partial charge in [-0.25, -0.2) is 0 Å². The molecule has 1 amide bonds. The second-order valence-electron chi connectivity index (χ2n) is 6.42. The first-order valence-corrected chi connectivity index (χ1v) is 8.70. The number of piperidine rings is 1. The zero-order chi connectivity index (χ0) is 17.1. The quantitative estimate of drug-likeness (QED) is 0.836. The molecular weight excluding hydrogens is 308 g/mol. The van der Waals surface area contributed by atoms with Gasteiger partial charge in [0.05, 0.1) is 5.69 Å². The summed E-state index contributed by atoms with van der Waals surface area (Å²) >= 11 is 0. The Bertz CT molecular complexity index is 694. The highest BCUT2D eigenvalue weighted by Crippen LogP contribution is 2.27. The van der Waals surface area contributed by atoms with E-state index in [4.69, 9.17) is 9.05 Å². The van der Waals surface area contributed by atoms with Crippen molar-refractivity contribution in [1.29, 1.82) is 0 Å². The largest absolute Gasteiger partial charge is 0.351 e. The first kappa shape index (κ1) is 16.7. The van der Waals surface area contributed by atoms with Crippen molar-refractivity contribution in [3.63, 3.8) is 0 Å². The summed E-state index contributed by atoms with van der Waals surface area (Å²) in [7, 11) is 0. The van der Waals surface area contributed by atoms with Gasteiger partial charge in [-0.2, -0.15) is 4.98 Å². The van der Waals surface area contributed by atoms with Crippen LogP contribution in [0.15, 0.2) is 15.1 Å². The first-order valence-electron chi connectivity index (χ1n) is 8.70. The zero-order valence-electron chi connectivity index (χ0n) is 14.5. The van der Waals surface area contributed by atoms with Crippen LogP contribution in [0.4, 0.5) is 0 Å². The lowest BCUT2D eigenvalue weighted by Crippen LogP contribution is -2.39. The van der Waals surface area contributed by atoms with E-state index in [1.807, 2.05) is 6.92 Å². The summed E-state index contributed by atoms with van der Waals surface area (Å²) in [4.78, 5) is 18.9. The maximum atomic E-state index is 12.7. The van der Waals surface area contributed by atoms with E-state index in [0.717, 1.165) is 31.4 Å². The molecule has 3 rings (SSSR count). The SMILES string of the molecule is CCc1nc(C2CCCN(C(=O)c3cc(C(C)CC)no3)C2)no1. The van der Waals surface area contributed by atoms with Crippen molar-refractivity contribution in [2.45, 2.75) is 58.3 Å². The topological polar surface area (TPSA) is 85.3 Å². The molecule has 7 nitrogen and oxygen atoms in total. The summed E-state index contributed by atoms with van der Waals surface area (Å²) in [5.41, 5.74) is 0.833. The molecule has 130 valence electrons. The molecule has 7 heteroatoms. The predicted octanol–water partition coefficient (Wildman–Crippen LogP) is 3.15. The molecule has 2 aromatic heterocycles.